The second-order valence-corrected chi connectivity index (χ2v) is 2.44. The molecule has 0 rings (SSSR count). The molecule has 0 saturated carbocycles. The molecule has 0 aliphatic heterocycles. The molecule has 0 N–H and O–H groups in total. The lowest BCUT2D eigenvalue weighted by atomic mass is 10.5. The second-order valence-electron chi connectivity index (χ2n) is 2.44. The highest BCUT2D eigenvalue weighted by molar-refractivity contribution is 5.49. The molecule has 0 aromatic carbocycles. The van der Waals surface area contributed by atoms with Gasteiger partial charge < -0.3 is 19.0 Å². The summed E-state index contributed by atoms with van der Waals surface area (Å²) < 4.78 is 15.2. The van der Waals surface area contributed by atoms with Crippen LogP contribution in [0.5, 0.6) is 0 Å². The number of ether oxygens (including phenoxy) is 3. The Bertz CT molecular complexity index is 162. The van der Waals surface area contributed by atoms with E-state index in [9.17, 15) is 4.79 Å². The van der Waals surface area contributed by atoms with Crippen LogP contribution in [-0.4, -0.2) is 45.9 Å². The number of aldehydes is 1. The Balaban J connectivity index is 2.85. The van der Waals surface area contributed by atoms with Crippen molar-refractivity contribution < 1.29 is 19.0 Å². The van der Waals surface area contributed by atoms with Gasteiger partial charge in [0.15, 0.2) is 0 Å². The molecular formula is C10H16O4. The van der Waals surface area contributed by atoms with Gasteiger partial charge in [-0.2, -0.15) is 0 Å². The highest BCUT2D eigenvalue weighted by Crippen LogP contribution is 1.82. The summed E-state index contributed by atoms with van der Waals surface area (Å²) in [7, 11) is 0. The lowest BCUT2D eigenvalue weighted by molar-refractivity contribution is -0.108. The lowest BCUT2D eigenvalue weighted by Gasteiger charge is -2.04. The first-order valence-electron chi connectivity index (χ1n) is 4.52. The van der Waals surface area contributed by atoms with E-state index in [1.54, 1.807) is 0 Å². The largest absolute Gasteiger partial charge is 0.379 e. The zero-order valence-electron chi connectivity index (χ0n) is 8.24. The van der Waals surface area contributed by atoms with E-state index in [4.69, 9.17) is 20.6 Å². The summed E-state index contributed by atoms with van der Waals surface area (Å²) in [6.45, 7) is 2.80. The zero-order chi connectivity index (χ0) is 10.5. The predicted molar refractivity (Wildman–Crippen MR) is 52.0 cm³/mol. The fourth-order valence-electron chi connectivity index (χ4n) is 0.702. The molecule has 80 valence electrons. The first kappa shape index (κ1) is 13.1. The van der Waals surface area contributed by atoms with Gasteiger partial charge in [-0.15, -0.1) is 6.42 Å². The summed E-state index contributed by atoms with van der Waals surface area (Å²) in [6, 6.07) is 0. The van der Waals surface area contributed by atoms with Crippen molar-refractivity contribution in [3.63, 3.8) is 0 Å². The molecule has 0 heterocycles. The maximum Gasteiger partial charge on any atom is 0.122 e. The van der Waals surface area contributed by atoms with Crippen molar-refractivity contribution in [1.29, 1.82) is 0 Å². The molecule has 0 saturated heterocycles. The van der Waals surface area contributed by atoms with Gasteiger partial charge >= 0.3 is 0 Å². The Hall–Kier alpha value is -0.890. The molecule has 0 aliphatic rings. The number of hydrogen-bond donors (Lipinski definition) is 0. The summed E-state index contributed by atoms with van der Waals surface area (Å²) in [5.41, 5.74) is 0. The minimum absolute atomic E-state index is 0.319. The van der Waals surface area contributed by atoms with Crippen molar-refractivity contribution >= 4 is 6.29 Å². The fraction of sp³-hybridized carbons (Fsp3) is 0.700. The smallest absolute Gasteiger partial charge is 0.122 e. The maximum absolute atomic E-state index is 9.90. The van der Waals surface area contributed by atoms with E-state index in [1.165, 1.54) is 0 Å². The van der Waals surface area contributed by atoms with Crippen molar-refractivity contribution in [2.75, 3.05) is 39.6 Å². The summed E-state index contributed by atoms with van der Waals surface area (Å²) in [6.07, 6.45) is 6.24. The Morgan fingerprint density at radius 3 is 2.14 bits per heavy atom. The molecule has 0 atom stereocenters. The summed E-state index contributed by atoms with van der Waals surface area (Å²) in [5, 5.41) is 0. The molecule has 0 spiro atoms. The molecule has 4 nitrogen and oxygen atoms in total. The monoisotopic (exact) mass is 200 g/mol. The van der Waals surface area contributed by atoms with Crippen LogP contribution in [0.1, 0.15) is 6.42 Å². The quantitative estimate of drug-likeness (QED) is 0.288. The molecule has 0 aromatic heterocycles. The van der Waals surface area contributed by atoms with Crippen molar-refractivity contribution in [3.8, 4) is 12.3 Å². The minimum Gasteiger partial charge on any atom is -0.379 e. The van der Waals surface area contributed by atoms with Gasteiger partial charge in [0.05, 0.1) is 33.0 Å². The Morgan fingerprint density at radius 1 is 1.00 bits per heavy atom. The van der Waals surface area contributed by atoms with Gasteiger partial charge in [0.1, 0.15) is 12.9 Å². The SMILES string of the molecule is C#CCOCCOCCOCCC=O. The third-order valence-corrected chi connectivity index (χ3v) is 1.31. The lowest BCUT2D eigenvalue weighted by Crippen LogP contribution is -2.09. The van der Waals surface area contributed by atoms with Crippen LogP contribution in [0.3, 0.4) is 0 Å². The standard InChI is InChI=1S/C10H16O4/c1-2-5-12-7-9-14-10-8-13-6-3-4-11/h1,4H,3,5-10H2. The van der Waals surface area contributed by atoms with E-state index in [0.717, 1.165) is 6.29 Å². The first-order valence-corrected chi connectivity index (χ1v) is 4.52. The fourth-order valence-corrected chi connectivity index (χ4v) is 0.702. The normalized spacial score (nSPS) is 9.64. The van der Waals surface area contributed by atoms with E-state index in [-0.39, 0.29) is 0 Å². The highest BCUT2D eigenvalue weighted by Gasteiger charge is 1.90. The number of carbonyl (C=O) groups excluding carboxylic acids is 1. The summed E-state index contributed by atoms with van der Waals surface area (Å²) in [5.74, 6) is 2.36. The van der Waals surface area contributed by atoms with Crippen LogP contribution in [0.25, 0.3) is 0 Å². The van der Waals surface area contributed by atoms with Crippen LogP contribution in [0, 0.1) is 12.3 Å². The first-order chi connectivity index (χ1) is 6.91. The predicted octanol–water partition coefficient (Wildman–Crippen LogP) is 0.258. The van der Waals surface area contributed by atoms with Gasteiger partial charge in [0.2, 0.25) is 0 Å². The van der Waals surface area contributed by atoms with Crippen molar-refractivity contribution in [2.45, 2.75) is 6.42 Å². The Kier molecular flexibility index (Phi) is 11.3. The van der Waals surface area contributed by atoms with Gasteiger partial charge in [-0.25, -0.2) is 0 Å². The van der Waals surface area contributed by atoms with Gasteiger partial charge in [-0.05, 0) is 0 Å². The molecular weight excluding hydrogens is 184 g/mol. The van der Waals surface area contributed by atoms with Gasteiger partial charge in [0, 0.05) is 6.42 Å². The van der Waals surface area contributed by atoms with Crippen molar-refractivity contribution in [3.05, 3.63) is 0 Å². The van der Waals surface area contributed by atoms with E-state index in [0.29, 0.717) is 46.1 Å². The number of rotatable bonds is 10. The highest BCUT2D eigenvalue weighted by atomic mass is 16.5. The van der Waals surface area contributed by atoms with E-state index in [1.807, 2.05) is 0 Å². The van der Waals surface area contributed by atoms with E-state index < -0.39 is 0 Å². The van der Waals surface area contributed by atoms with Crippen LogP contribution in [0.15, 0.2) is 0 Å². The maximum atomic E-state index is 9.90. The second kappa shape index (κ2) is 12.1. The molecule has 0 aromatic rings. The number of carbonyl (C=O) groups is 1. The molecule has 0 fully saturated rings. The molecule has 4 heteroatoms. The molecule has 14 heavy (non-hydrogen) atoms. The van der Waals surface area contributed by atoms with Crippen molar-refractivity contribution in [1.82, 2.24) is 0 Å². The topological polar surface area (TPSA) is 44.8 Å². The van der Waals surface area contributed by atoms with Gasteiger partial charge in [-0.3, -0.25) is 0 Å². The van der Waals surface area contributed by atoms with Gasteiger partial charge in [-0.1, -0.05) is 5.92 Å². The Labute approximate surface area is 84.5 Å². The van der Waals surface area contributed by atoms with Crippen LogP contribution in [-0.2, 0) is 19.0 Å². The third kappa shape index (κ3) is 11.1. The molecule has 0 bridgehead atoms. The zero-order valence-corrected chi connectivity index (χ0v) is 8.24. The third-order valence-electron chi connectivity index (χ3n) is 1.31. The number of hydrogen-bond acceptors (Lipinski definition) is 4. The molecule has 0 amide bonds. The average molecular weight is 200 g/mol. The van der Waals surface area contributed by atoms with E-state index >= 15 is 0 Å². The van der Waals surface area contributed by atoms with Crippen LogP contribution >= 0.6 is 0 Å². The van der Waals surface area contributed by atoms with Crippen LogP contribution in [0.2, 0.25) is 0 Å². The van der Waals surface area contributed by atoms with Crippen LogP contribution in [0.4, 0.5) is 0 Å². The average Bonchev–Trinajstić information content (AvgIpc) is 2.21. The Morgan fingerprint density at radius 2 is 1.57 bits per heavy atom. The van der Waals surface area contributed by atoms with Crippen molar-refractivity contribution in [2.24, 2.45) is 0 Å². The summed E-state index contributed by atoms with van der Waals surface area (Å²) >= 11 is 0. The van der Waals surface area contributed by atoms with E-state index in [2.05, 4.69) is 5.92 Å². The molecule has 0 unspecified atom stereocenters. The molecule has 0 aliphatic carbocycles. The summed E-state index contributed by atoms with van der Waals surface area (Å²) in [4.78, 5) is 9.90. The molecule has 0 radical (unpaired) electrons. The number of terminal acetylenes is 1. The van der Waals surface area contributed by atoms with Gasteiger partial charge in [0.25, 0.3) is 0 Å². The van der Waals surface area contributed by atoms with Crippen LogP contribution < -0.4 is 0 Å². The minimum atomic E-state index is 0.319.